The Hall–Kier alpha value is -2.91. The summed E-state index contributed by atoms with van der Waals surface area (Å²) in [6.07, 6.45) is 1.84. The van der Waals surface area contributed by atoms with Crippen LogP contribution in [0.15, 0.2) is 59.2 Å². The SMILES string of the molecule is COc1ccc(Br)cc1C(=O)NC(=S)NNC(=O)Cn1ccc2ccccc21. The minimum absolute atomic E-state index is 0.0299. The van der Waals surface area contributed by atoms with E-state index >= 15 is 0 Å². The molecule has 3 aromatic rings. The molecule has 0 aliphatic heterocycles. The Kier molecular flexibility index (Phi) is 6.27. The van der Waals surface area contributed by atoms with Gasteiger partial charge in [-0.15, -0.1) is 0 Å². The number of methoxy groups -OCH3 is 1. The van der Waals surface area contributed by atoms with E-state index in [0.717, 1.165) is 15.4 Å². The van der Waals surface area contributed by atoms with Gasteiger partial charge in [-0.25, -0.2) is 0 Å². The van der Waals surface area contributed by atoms with Gasteiger partial charge in [-0.2, -0.15) is 0 Å². The van der Waals surface area contributed by atoms with E-state index < -0.39 is 5.91 Å². The molecule has 0 unspecified atom stereocenters. The van der Waals surface area contributed by atoms with Crippen molar-refractivity contribution in [1.82, 2.24) is 20.7 Å². The van der Waals surface area contributed by atoms with Gasteiger partial charge in [0.15, 0.2) is 5.11 Å². The summed E-state index contributed by atoms with van der Waals surface area (Å²) in [6, 6.07) is 14.7. The molecule has 9 heteroatoms. The lowest BCUT2D eigenvalue weighted by atomic mass is 10.2. The Bertz CT molecular complexity index is 1050. The largest absolute Gasteiger partial charge is 0.496 e. The van der Waals surface area contributed by atoms with Crippen LogP contribution in [0, 0.1) is 0 Å². The van der Waals surface area contributed by atoms with Gasteiger partial charge in [0.1, 0.15) is 12.3 Å². The molecule has 0 spiro atoms. The average molecular weight is 461 g/mol. The predicted molar refractivity (Wildman–Crippen MR) is 114 cm³/mol. The molecule has 0 aliphatic carbocycles. The Balaban J connectivity index is 1.54. The summed E-state index contributed by atoms with van der Waals surface area (Å²) in [4.78, 5) is 24.5. The zero-order valence-corrected chi connectivity index (χ0v) is 17.3. The Morgan fingerprint density at radius 3 is 2.71 bits per heavy atom. The van der Waals surface area contributed by atoms with Crippen molar-refractivity contribution in [2.45, 2.75) is 6.54 Å². The fourth-order valence-electron chi connectivity index (χ4n) is 2.66. The van der Waals surface area contributed by atoms with Crippen molar-refractivity contribution in [1.29, 1.82) is 0 Å². The highest BCUT2D eigenvalue weighted by Crippen LogP contribution is 2.22. The van der Waals surface area contributed by atoms with Crippen molar-refractivity contribution in [3.05, 3.63) is 64.8 Å². The van der Waals surface area contributed by atoms with Crippen LogP contribution in [0.4, 0.5) is 0 Å². The number of hydrogen-bond acceptors (Lipinski definition) is 4. The van der Waals surface area contributed by atoms with Gasteiger partial charge in [0, 0.05) is 16.2 Å². The van der Waals surface area contributed by atoms with Gasteiger partial charge in [-0.3, -0.25) is 25.8 Å². The number of thiocarbonyl (C=S) groups is 1. The molecule has 0 bridgehead atoms. The number of hydrazine groups is 1. The molecule has 0 fully saturated rings. The fourth-order valence-corrected chi connectivity index (χ4v) is 3.16. The van der Waals surface area contributed by atoms with Gasteiger partial charge in [0.2, 0.25) is 0 Å². The zero-order chi connectivity index (χ0) is 20.1. The van der Waals surface area contributed by atoms with E-state index in [9.17, 15) is 9.59 Å². The van der Waals surface area contributed by atoms with Crippen molar-refractivity contribution in [2.24, 2.45) is 0 Å². The minimum atomic E-state index is -0.457. The van der Waals surface area contributed by atoms with E-state index in [2.05, 4.69) is 32.1 Å². The van der Waals surface area contributed by atoms with Crippen LogP contribution < -0.4 is 20.9 Å². The van der Waals surface area contributed by atoms with E-state index in [1.54, 1.807) is 18.2 Å². The Morgan fingerprint density at radius 2 is 1.93 bits per heavy atom. The quantitative estimate of drug-likeness (QED) is 0.411. The highest BCUT2D eigenvalue weighted by molar-refractivity contribution is 9.10. The summed E-state index contributed by atoms with van der Waals surface area (Å²) >= 11 is 8.38. The van der Waals surface area contributed by atoms with Crippen molar-refractivity contribution < 1.29 is 14.3 Å². The molecule has 144 valence electrons. The second-order valence-electron chi connectivity index (χ2n) is 5.80. The van der Waals surface area contributed by atoms with E-state index in [0.29, 0.717) is 11.3 Å². The third-order valence-electron chi connectivity index (χ3n) is 3.94. The number of carbonyl (C=O) groups excluding carboxylic acids is 2. The summed E-state index contributed by atoms with van der Waals surface area (Å²) < 4.78 is 7.72. The van der Waals surface area contributed by atoms with Crippen molar-refractivity contribution >= 4 is 56.0 Å². The first-order valence-corrected chi connectivity index (χ1v) is 9.45. The number of para-hydroxylation sites is 1. The molecule has 28 heavy (non-hydrogen) atoms. The van der Waals surface area contributed by atoms with Crippen molar-refractivity contribution in [3.8, 4) is 5.75 Å². The molecule has 0 radical (unpaired) electrons. The third kappa shape index (κ3) is 4.68. The van der Waals surface area contributed by atoms with Crippen LogP contribution in [-0.4, -0.2) is 28.6 Å². The number of halogens is 1. The first-order valence-electron chi connectivity index (χ1n) is 8.25. The summed E-state index contributed by atoms with van der Waals surface area (Å²) in [5.74, 6) is -0.355. The van der Waals surface area contributed by atoms with Gasteiger partial charge >= 0.3 is 0 Å². The first-order chi connectivity index (χ1) is 13.5. The van der Waals surface area contributed by atoms with E-state index in [1.165, 1.54) is 7.11 Å². The first kappa shape index (κ1) is 19.8. The topological polar surface area (TPSA) is 84.4 Å². The number of fused-ring (bicyclic) bond motifs is 1. The van der Waals surface area contributed by atoms with Crippen LogP contribution in [0.3, 0.4) is 0 Å². The second-order valence-corrected chi connectivity index (χ2v) is 7.13. The van der Waals surface area contributed by atoms with E-state index in [-0.39, 0.29) is 17.6 Å². The molecule has 0 atom stereocenters. The molecule has 7 nitrogen and oxygen atoms in total. The van der Waals surface area contributed by atoms with Crippen molar-refractivity contribution in [3.63, 3.8) is 0 Å². The van der Waals surface area contributed by atoms with Gasteiger partial charge < -0.3 is 9.30 Å². The Morgan fingerprint density at radius 1 is 1.14 bits per heavy atom. The van der Waals surface area contributed by atoms with E-state index in [1.807, 2.05) is 41.1 Å². The monoisotopic (exact) mass is 460 g/mol. The number of nitrogens with zero attached hydrogens (tertiary/aromatic N) is 1. The number of hydrogen-bond donors (Lipinski definition) is 3. The molecule has 1 aromatic heterocycles. The molecule has 3 rings (SSSR count). The molecule has 2 amide bonds. The van der Waals surface area contributed by atoms with Crippen LogP contribution in [0.25, 0.3) is 10.9 Å². The lowest BCUT2D eigenvalue weighted by Gasteiger charge is -2.13. The number of benzene rings is 2. The fraction of sp³-hybridized carbons (Fsp3) is 0.105. The summed E-state index contributed by atoms with van der Waals surface area (Å²) in [6.45, 7) is 0.108. The number of rotatable bonds is 4. The molecule has 0 saturated heterocycles. The predicted octanol–water partition coefficient (Wildman–Crippen LogP) is 2.75. The van der Waals surface area contributed by atoms with Crippen LogP contribution in [0.5, 0.6) is 5.75 Å². The summed E-state index contributed by atoms with van der Waals surface area (Å²) in [7, 11) is 1.47. The molecule has 0 saturated carbocycles. The standard InChI is InChI=1S/C19H17BrN4O3S/c1-27-16-7-6-13(20)10-14(16)18(26)21-19(28)23-22-17(25)11-24-9-8-12-4-2-3-5-15(12)24/h2-10H,11H2,1H3,(H,22,25)(H2,21,23,26,28). The maximum atomic E-state index is 12.4. The average Bonchev–Trinajstić information content (AvgIpc) is 3.09. The van der Waals surface area contributed by atoms with E-state index in [4.69, 9.17) is 17.0 Å². The number of ether oxygens (including phenoxy) is 1. The summed E-state index contributed by atoms with van der Waals surface area (Å²) in [5, 5.41) is 3.52. The molecular weight excluding hydrogens is 444 g/mol. The maximum Gasteiger partial charge on any atom is 0.261 e. The number of carbonyl (C=O) groups is 2. The highest BCUT2D eigenvalue weighted by atomic mass is 79.9. The molecule has 2 aromatic carbocycles. The number of amides is 2. The molecular formula is C19H17BrN4O3S. The number of nitrogens with one attached hydrogen (secondary N) is 3. The normalized spacial score (nSPS) is 10.4. The van der Waals surface area contributed by atoms with Crippen LogP contribution in [0.2, 0.25) is 0 Å². The van der Waals surface area contributed by atoms with Crippen LogP contribution >= 0.6 is 28.1 Å². The molecule has 1 heterocycles. The van der Waals surface area contributed by atoms with Crippen LogP contribution in [0.1, 0.15) is 10.4 Å². The second kappa shape index (κ2) is 8.85. The lowest BCUT2D eigenvalue weighted by Crippen LogP contribution is -2.49. The van der Waals surface area contributed by atoms with Gasteiger partial charge in [-0.1, -0.05) is 34.1 Å². The third-order valence-corrected chi connectivity index (χ3v) is 4.64. The van der Waals surface area contributed by atoms with Crippen molar-refractivity contribution in [2.75, 3.05) is 7.11 Å². The van der Waals surface area contributed by atoms with Gasteiger partial charge in [-0.05, 0) is 47.9 Å². The molecule has 0 aliphatic rings. The van der Waals surface area contributed by atoms with Gasteiger partial charge in [0.25, 0.3) is 11.8 Å². The zero-order valence-electron chi connectivity index (χ0n) is 14.9. The highest BCUT2D eigenvalue weighted by Gasteiger charge is 2.14. The maximum absolute atomic E-state index is 12.4. The minimum Gasteiger partial charge on any atom is -0.496 e. The van der Waals surface area contributed by atoms with Crippen LogP contribution in [-0.2, 0) is 11.3 Å². The smallest absolute Gasteiger partial charge is 0.261 e. The summed E-state index contributed by atoms with van der Waals surface area (Å²) in [5.41, 5.74) is 6.27. The Labute approximate surface area is 175 Å². The van der Waals surface area contributed by atoms with Gasteiger partial charge in [0.05, 0.1) is 12.7 Å². The molecule has 3 N–H and O–H groups in total. The number of aromatic nitrogens is 1. The lowest BCUT2D eigenvalue weighted by molar-refractivity contribution is -0.122.